The van der Waals surface area contributed by atoms with Crippen LogP contribution in [0.15, 0.2) is 55.1 Å². The predicted molar refractivity (Wildman–Crippen MR) is 107 cm³/mol. The minimum atomic E-state index is -0.251. The van der Waals surface area contributed by atoms with Crippen molar-refractivity contribution in [2.75, 3.05) is 31.1 Å². The van der Waals surface area contributed by atoms with E-state index in [0.29, 0.717) is 17.1 Å². The van der Waals surface area contributed by atoms with Crippen LogP contribution in [0.5, 0.6) is 0 Å². The summed E-state index contributed by atoms with van der Waals surface area (Å²) in [6.45, 7) is 7.09. The highest BCUT2D eigenvalue weighted by atomic mass is 35.5. The van der Waals surface area contributed by atoms with Crippen LogP contribution in [0.4, 0.5) is 10.1 Å². The summed E-state index contributed by atoms with van der Waals surface area (Å²) in [6, 6.07) is 11.8. The van der Waals surface area contributed by atoms with E-state index >= 15 is 0 Å². The third kappa shape index (κ3) is 3.28. The maximum atomic E-state index is 14.1. The Bertz CT molecular complexity index is 890. The molecule has 0 aliphatic carbocycles. The first-order valence-corrected chi connectivity index (χ1v) is 9.61. The molecule has 1 amide bonds. The van der Waals surface area contributed by atoms with E-state index in [1.807, 2.05) is 6.08 Å². The lowest BCUT2D eigenvalue weighted by molar-refractivity contribution is 0.0977. The van der Waals surface area contributed by atoms with Crippen LogP contribution in [-0.2, 0) is 5.41 Å². The summed E-state index contributed by atoms with van der Waals surface area (Å²) in [5, 5.41) is 0.534. The van der Waals surface area contributed by atoms with Crippen molar-refractivity contribution in [2.45, 2.75) is 18.3 Å². The summed E-state index contributed by atoms with van der Waals surface area (Å²) in [5.41, 5.74) is 2.14. The molecular formula is C22H22ClFN2O. The fourth-order valence-electron chi connectivity index (χ4n) is 4.37. The second kappa shape index (κ2) is 7.10. The summed E-state index contributed by atoms with van der Waals surface area (Å²) in [6.07, 6.45) is 3.71. The number of carbonyl (C=O) groups excluding carboxylic acids is 1. The van der Waals surface area contributed by atoms with E-state index in [4.69, 9.17) is 11.6 Å². The van der Waals surface area contributed by atoms with E-state index in [1.54, 1.807) is 41.3 Å². The molecule has 2 aromatic rings. The fourth-order valence-corrected chi connectivity index (χ4v) is 4.56. The molecule has 3 nitrogen and oxygen atoms in total. The van der Waals surface area contributed by atoms with E-state index in [1.165, 1.54) is 6.07 Å². The Kier molecular flexibility index (Phi) is 4.79. The number of rotatable bonds is 3. The lowest BCUT2D eigenvalue weighted by Crippen LogP contribution is -2.46. The highest BCUT2D eigenvalue weighted by Gasteiger charge is 2.46. The van der Waals surface area contributed by atoms with Gasteiger partial charge in [0.05, 0.1) is 0 Å². The summed E-state index contributed by atoms with van der Waals surface area (Å²) >= 11 is 6.07. The van der Waals surface area contributed by atoms with E-state index in [9.17, 15) is 9.18 Å². The van der Waals surface area contributed by atoms with Crippen molar-refractivity contribution in [1.29, 1.82) is 0 Å². The van der Waals surface area contributed by atoms with Gasteiger partial charge < -0.3 is 4.90 Å². The molecule has 4 rings (SSSR count). The summed E-state index contributed by atoms with van der Waals surface area (Å²) in [5.74, 6) is -0.338. The van der Waals surface area contributed by atoms with Gasteiger partial charge in [0.15, 0.2) is 0 Å². The number of benzene rings is 2. The smallest absolute Gasteiger partial charge is 0.258 e. The highest BCUT2D eigenvalue weighted by molar-refractivity contribution is 6.31. The van der Waals surface area contributed by atoms with Crippen molar-refractivity contribution < 1.29 is 9.18 Å². The van der Waals surface area contributed by atoms with Crippen LogP contribution in [-0.4, -0.2) is 37.0 Å². The van der Waals surface area contributed by atoms with E-state index in [0.717, 1.165) is 43.7 Å². The molecule has 0 radical (unpaired) electrons. The van der Waals surface area contributed by atoms with Gasteiger partial charge in [0.25, 0.3) is 5.91 Å². The van der Waals surface area contributed by atoms with E-state index in [2.05, 4.69) is 11.5 Å². The molecule has 0 atom stereocenters. The third-order valence-electron chi connectivity index (χ3n) is 5.80. The van der Waals surface area contributed by atoms with Crippen LogP contribution in [0.1, 0.15) is 28.8 Å². The third-order valence-corrected chi connectivity index (χ3v) is 6.03. The van der Waals surface area contributed by atoms with Gasteiger partial charge in [0.1, 0.15) is 5.82 Å². The van der Waals surface area contributed by atoms with Crippen LogP contribution in [0.25, 0.3) is 0 Å². The predicted octanol–water partition coefficient (Wildman–Crippen LogP) is 4.66. The van der Waals surface area contributed by atoms with Crippen LogP contribution >= 0.6 is 11.6 Å². The first-order valence-electron chi connectivity index (χ1n) is 9.23. The minimum absolute atomic E-state index is 0.0873. The number of likely N-dealkylation sites (tertiary alicyclic amines) is 1. The van der Waals surface area contributed by atoms with Crippen molar-refractivity contribution >= 4 is 23.2 Å². The Hall–Kier alpha value is -2.17. The molecular weight excluding hydrogens is 363 g/mol. The zero-order valence-corrected chi connectivity index (χ0v) is 15.9. The molecule has 1 fully saturated rings. The van der Waals surface area contributed by atoms with Crippen molar-refractivity contribution in [2.24, 2.45) is 0 Å². The maximum absolute atomic E-state index is 14.1. The molecule has 0 saturated carbocycles. The zero-order chi connectivity index (χ0) is 19.0. The van der Waals surface area contributed by atoms with Crippen LogP contribution < -0.4 is 4.90 Å². The van der Waals surface area contributed by atoms with Gasteiger partial charge in [0, 0.05) is 34.8 Å². The van der Waals surface area contributed by atoms with Crippen molar-refractivity contribution in [3.8, 4) is 0 Å². The maximum Gasteiger partial charge on any atom is 0.258 e. The standard InChI is InChI=1S/C22H22ClFN2O/c1-2-10-25-11-8-22(9-12-25)15-26(20-7-6-18(24)14-19(20)22)21(27)16-4-3-5-17(23)13-16/h2-7,13-14H,1,8-12,15H2. The normalized spacial score (nSPS) is 18.5. The lowest BCUT2D eigenvalue weighted by atomic mass is 9.74. The molecule has 27 heavy (non-hydrogen) atoms. The number of nitrogens with zero attached hydrogens (tertiary/aromatic N) is 2. The number of fused-ring (bicyclic) bond motifs is 2. The number of amides is 1. The topological polar surface area (TPSA) is 23.6 Å². The lowest BCUT2D eigenvalue weighted by Gasteiger charge is -2.39. The van der Waals surface area contributed by atoms with Gasteiger partial charge >= 0.3 is 0 Å². The number of carbonyl (C=O) groups is 1. The molecule has 2 heterocycles. The van der Waals surface area contributed by atoms with Gasteiger partial charge in [-0.3, -0.25) is 9.69 Å². The van der Waals surface area contributed by atoms with Gasteiger partial charge in [-0.25, -0.2) is 4.39 Å². The van der Waals surface area contributed by atoms with Crippen molar-refractivity contribution in [3.05, 3.63) is 77.1 Å². The number of hydrogen-bond donors (Lipinski definition) is 0. The summed E-state index contributed by atoms with van der Waals surface area (Å²) < 4.78 is 14.1. The average molecular weight is 385 g/mol. The Balaban J connectivity index is 1.68. The van der Waals surface area contributed by atoms with Gasteiger partial charge in [-0.05, 0) is 67.9 Å². The largest absolute Gasteiger partial charge is 0.307 e. The van der Waals surface area contributed by atoms with Gasteiger partial charge in [0.2, 0.25) is 0 Å². The Morgan fingerprint density at radius 1 is 1.22 bits per heavy atom. The molecule has 2 aromatic carbocycles. The molecule has 0 aromatic heterocycles. The van der Waals surface area contributed by atoms with E-state index < -0.39 is 0 Å². The van der Waals surface area contributed by atoms with Gasteiger partial charge in [-0.15, -0.1) is 6.58 Å². The molecule has 2 aliphatic heterocycles. The van der Waals surface area contributed by atoms with Crippen molar-refractivity contribution in [1.82, 2.24) is 4.90 Å². The monoisotopic (exact) mass is 384 g/mol. The quantitative estimate of drug-likeness (QED) is 0.718. The molecule has 2 aliphatic rings. The Morgan fingerprint density at radius 3 is 2.70 bits per heavy atom. The molecule has 5 heteroatoms. The molecule has 0 unspecified atom stereocenters. The van der Waals surface area contributed by atoms with Gasteiger partial charge in [-0.2, -0.15) is 0 Å². The second-order valence-electron chi connectivity index (χ2n) is 7.43. The number of halogens is 2. The number of piperidine rings is 1. The van der Waals surface area contributed by atoms with Crippen LogP contribution in [0, 0.1) is 5.82 Å². The fraction of sp³-hybridized carbons (Fsp3) is 0.318. The molecule has 140 valence electrons. The summed E-state index contributed by atoms with van der Waals surface area (Å²) in [4.78, 5) is 17.3. The minimum Gasteiger partial charge on any atom is -0.307 e. The number of hydrogen-bond acceptors (Lipinski definition) is 2. The Labute approximate surface area is 164 Å². The zero-order valence-electron chi connectivity index (χ0n) is 15.1. The average Bonchev–Trinajstić information content (AvgIpc) is 2.97. The van der Waals surface area contributed by atoms with E-state index in [-0.39, 0.29) is 17.1 Å². The molecule has 1 saturated heterocycles. The molecule has 0 bridgehead atoms. The number of anilines is 1. The van der Waals surface area contributed by atoms with Crippen LogP contribution in [0.2, 0.25) is 5.02 Å². The first-order chi connectivity index (χ1) is 13.0. The highest BCUT2D eigenvalue weighted by Crippen LogP contribution is 2.47. The molecule has 1 spiro atoms. The second-order valence-corrected chi connectivity index (χ2v) is 7.87. The van der Waals surface area contributed by atoms with Gasteiger partial charge in [-0.1, -0.05) is 23.7 Å². The first kappa shape index (κ1) is 18.2. The molecule has 0 N–H and O–H groups in total. The van der Waals surface area contributed by atoms with Crippen LogP contribution in [0.3, 0.4) is 0 Å². The van der Waals surface area contributed by atoms with Crippen molar-refractivity contribution in [3.63, 3.8) is 0 Å². The summed E-state index contributed by atoms with van der Waals surface area (Å²) in [7, 11) is 0. The Morgan fingerprint density at radius 2 is 2.00 bits per heavy atom. The SMILES string of the molecule is C=CCN1CCC2(CC1)CN(C(=O)c1cccc(Cl)c1)c1ccc(F)cc12.